The third-order valence-electron chi connectivity index (χ3n) is 4.11. The highest BCUT2D eigenvalue weighted by Crippen LogP contribution is 2.25. The number of hydrogen-bond donors (Lipinski definition) is 2. The lowest BCUT2D eigenvalue weighted by Gasteiger charge is -2.10. The summed E-state index contributed by atoms with van der Waals surface area (Å²) in [7, 11) is 3.31. The Morgan fingerprint density at radius 1 is 1.19 bits per heavy atom. The van der Waals surface area contributed by atoms with Gasteiger partial charge in [0.25, 0.3) is 5.91 Å². The topological polar surface area (TPSA) is 104 Å². The molecule has 130 valence electrons. The van der Waals surface area contributed by atoms with Crippen LogP contribution in [0.1, 0.15) is 26.4 Å². The van der Waals surface area contributed by atoms with Crippen molar-refractivity contribution in [2.45, 2.75) is 0 Å². The van der Waals surface area contributed by atoms with Crippen molar-refractivity contribution in [3.63, 3.8) is 0 Å². The van der Waals surface area contributed by atoms with Crippen molar-refractivity contribution in [1.29, 1.82) is 5.26 Å². The number of hydrogen-bond acceptors (Lipinski definition) is 4. The molecule has 1 amide bonds. The van der Waals surface area contributed by atoms with E-state index in [-0.39, 0.29) is 16.8 Å². The number of aromatic carboxylic acids is 1. The summed E-state index contributed by atoms with van der Waals surface area (Å²) < 4.78 is 6.91. The summed E-state index contributed by atoms with van der Waals surface area (Å²) in [5.41, 5.74) is 1.38. The summed E-state index contributed by atoms with van der Waals surface area (Å²) in [4.78, 5) is 24.1. The molecule has 7 heteroatoms. The summed E-state index contributed by atoms with van der Waals surface area (Å²) in [6.07, 6.45) is 0. The minimum absolute atomic E-state index is 0.129. The molecule has 0 atom stereocenters. The van der Waals surface area contributed by atoms with Gasteiger partial charge in [0.15, 0.2) is 0 Å². The Morgan fingerprint density at radius 2 is 1.96 bits per heavy atom. The Labute approximate surface area is 149 Å². The molecule has 7 nitrogen and oxygen atoms in total. The molecule has 0 radical (unpaired) electrons. The van der Waals surface area contributed by atoms with Gasteiger partial charge in [0.1, 0.15) is 11.4 Å². The van der Waals surface area contributed by atoms with E-state index in [4.69, 9.17) is 10.00 Å². The number of ether oxygens (including phenoxy) is 1. The predicted octanol–water partition coefficient (Wildman–Crippen LogP) is 3.01. The van der Waals surface area contributed by atoms with Crippen molar-refractivity contribution in [3.05, 3.63) is 59.3 Å². The van der Waals surface area contributed by atoms with Crippen molar-refractivity contribution < 1.29 is 19.4 Å². The quantitative estimate of drug-likeness (QED) is 0.753. The van der Waals surface area contributed by atoms with Gasteiger partial charge in [-0.05, 0) is 36.4 Å². The van der Waals surface area contributed by atoms with Crippen LogP contribution in [0.5, 0.6) is 5.75 Å². The second kappa shape index (κ2) is 6.61. The van der Waals surface area contributed by atoms with E-state index < -0.39 is 11.9 Å². The van der Waals surface area contributed by atoms with E-state index in [1.54, 1.807) is 30.9 Å². The molecule has 0 aliphatic rings. The van der Waals surface area contributed by atoms with E-state index in [9.17, 15) is 14.7 Å². The molecule has 2 aromatic carbocycles. The molecule has 0 fully saturated rings. The zero-order valence-electron chi connectivity index (χ0n) is 14.1. The Balaban J connectivity index is 1.99. The molecule has 0 aliphatic carbocycles. The molecule has 0 aliphatic heterocycles. The fourth-order valence-corrected chi connectivity index (χ4v) is 2.74. The van der Waals surface area contributed by atoms with Gasteiger partial charge in [0.05, 0.1) is 35.5 Å². The van der Waals surface area contributed by atoms with Crippen LogP contribution in [0, 0.1) is 11.3 Å². The van der Waals surface area contributed by atoms with Crippen molar-refractivity contribution >= 4 is 28.5 Å². The number of fused-ring (bicyclic) bond motifs is 1. The molecular formula is C19H15N3O4. The molecular weight excluding hydrogens is 334 g/mol. The summed E-state index contributed by atoms with van der Waals surface area (Å²) in [6, 6.07) is 13.1. The van der Waals surface area contributed by atoms with Gasteiger partial charge in [-0.25, -0.2) is 4.79 Å². The Morgan fingerprint density at radius 3 is 2.62 bits per heavy atom. The van der Waals surface area contributed by atoms with Crippen LogP contribution in [0.3, 0.4) is 0 Å². The molecule has 3 aromatic rings. The maximum Gasteiger partial charge on any atom is 0.337 e. The predicted molar refractivity (Wildman–Crippen MR) is 95.5 cm³/mol. The molecule has 3 rings (SSSR count). The average molecular weight is 349 g/mol. The van der Waals surface area contributed by atoms with Crippen LogP contribution in [0.4, 0.5) is 5.69 Å². The number of anilines is 1. The second-order valence-electron chi connectivity index (χ2n) is 5.64. The second-order valence-corrected chi connectivity index (χ2v) is 5.64. The summed E-state index contributed by atoms with van der Waals surface area (Å²) >= 11 is 0. The molecule has 0 saturated carbocycles. The number of carboxylic acid groups (broad SMARTS) is 1. The fraction of sp³-hybridized carbons (Fsp3) is 0.105. The van der Waals surface area contributed by atoms with Crippen molar-refractivity contribution in [1.82, 2.24) is 4.57 Å². The highest BCUT2D eigenvalue weighted by molar-refractivity contribution is 6.09. The van der Waals surface area contributed by atoms with Crippen molar-refractivity contribution in [3.8, 4) is 11.8 Å². The standard InChI is InChI=1S/C19H15N3O4/c1-22-16-9-13(26-2)5-4-12(16)8-17(22)18(23)21-15-6-3-11(10-20)7-14(15)19(24)25/h3-9H,1-2H3,(H,21,23)(H,24,25). The molecule has 1 aromatic heterocycles. The number of nitrogens with zero attached hydrogens (tertiary/aromatic N) is 2. The molecule has 0 unspecified atom stereocenters. The van der Waals surface area contributed by atoms with Gasteiger partial charge in [-0.1, -0.05) is 0 Å². The Hall–Kier alpha value is -3.79. The van der Waals surface area contributed by atoms with Gasteiger partial charge in [0.2, 0.25) is 0 Å². The van der Waals surface area contributed by atoms with E-state index in [2.05, 4.69) is 5.32 Å². The highest BCUT2D eigenvalue weighted by atomic mass is 16.5. The zero-order valence-corrected chi connectivity index (χ0v) is 14.1. The number of carbonyl (C=O) groups excluding carboxylic acids is 1. The number of rotatable bonds is 4. The first-order chi connectivity index (χ1) is 12.4. The summed E-state index contributed by atoms with van der Waals surface area (Å²) in [5, 5.41) is 21.7. The lowest BCUT2D eigenvalue weighted by Crippen LogP contribution is -2.17. The van der Waals surface area contributed by atoms with Crippen LogP contribution in [-0.2, 0) is 7.05 Å². The Bertz CT molecular complexity index is 1080. The lowest BCUT2D eigenvalue weighted by molar-refractivity contribution is 0.0698. The van der Waals surface area contributed by atoms with Crippen LogP contribution in [0.15, 0.2) is 42.5 Å². The normalized spacial score (nSPS) is 10.3. The Kier molecular flexibility index (Phi) is 4.33. The number of carbonyl (C=O) groups is 2. The van der Waals surface area contributed by atoms with Crippen LogP contribution in [0.25, 0.3) is 10.9 Å². The monoisotopic (exact) mass is 349 g/mol. The zero-order chi connectivity index (χ0) is 18.8. The van der Waals surface area contributed by atoms with Crippen LogP contribution in [-0.4, -0.2) is 28.7 Å². The number of nitriles is 1. The molecule has 2 N–H and O–H groups in total. The molecule has 1 heterocycles. The van der Waals surface area contributed by atoms with Gasteiger partial charge in [-0.15, -0.1) is 0 Å². The summed E-state index contributed by atoms with van der Waals surface area (Å²) in [5.74, 6) is -1.00. The molecule has 0 bridgehead atoms. The number of aryl methyl sites for hydroxylation is 1. The third kappa shape index (κ3) is 2.96. The highest BCUT2D eigenvalue weighted by Gasteiger charge is 2.18. The van der Waals surface area contributed by atoms with Gasteiger partial charge in [-0.2, -0.15) is 5.26 Å². The van der Waals surface area contributed by atoms with Gasteiger partial charge in [-0.3, -0.25) is 4.79 Å². The first kappa shape index (κ1) is 17.0. The SMILES string of the molecule is COc1ccc2cc(C(=O)Nc3ccc(C#N)cc3C(=O)O)n(C)c2c1. The fourth-order valence-electron chi connectivity index (χ4n) is 2.74. The smallest absolute Gasteiger partial charge is 0.337 e. The number of methoxy groups -OCH3 is 1. The van der Waals surface area contributed by atoms with E-state index >= 15 is 0 Å². The number of amides is 1. The van der Waals surface area contributed by atoms with E-state index in [0.717, 1.165) is 10.9 Å². The number of aromatic nitrogens is 1. The maximum atomic E-state index is 12.7. The summed E-state index contributed by atoms with van der Waals surface area (Å²) in [6.45, 7) is 0. The first-order valence-electron chi connectivity index (χ1n) is 7.67. The van der Waals surface area contributed by atoms with Gasteiger partial charge in [0, 0.05) is 18.5 Å². The first-order valence-corrected chi connectivity index (χ1v) is 7.67. The van der Waals surface area contributed by atoms with E-state index in [1.165, 1.54) is 18.2 Å². The van der Waals surface area contributed by atoms with E-state index in [1.807, 2.05) is 18.2 Å². The number of benzene rings is 2. The van der Waals surface area contributed by atoms with Gasteiger partial charge >= 0.3 is 5.97 Å². The van der Waals surface area contributed by atoms with Crippen molar-refractivity contribution in [2.75, 3.05) is 12.4 Å². The lowest BCUT2D eigenvalue weighted by atomic mass is 10.1. The number of carboxylic acids is 1. The molecule has 26 heavy (non-hydrogen) atoms. The number of nitrogens with one attached hydrogen (secondary N) is 1. The minimum atomic E-state index is -1.22. The minimum Gasteiger partial charge on any atom is -0.497 e. The van der Waals surface area contributed by atoms with Crippen molar-refractivity contribution in [2.24, 2.45) is 7.05 Å². The van der Waals surface area contributed by atoms with Crippen LogP contribution < -0.4 is 10.1 Å². The van der Waals surface area contributed by atoms with Crippen LogP contribution in [0.2, 0.25) is 0 Å². The average Bonchev–Trinajstić information content (AvgIpc) is 2.98. The third-order valence-corrected chi connectivity index (χ3v) is 4.11. The maximum absolute atomic E-state index is 12.7. The van der Waals surface area contributed by atoms with E-state index in [0.29, 0.717) is 11.4 Å². The van der Waals surface area contributed by atoms with Gasteiger partial charge < -0.3 is 19.7 Å². The largest absolute Gasteiger partial charge is 0.497 e. The molecule has 0 saturated heterocycles. The van der Waals surface area contributed by atoms with Crippen LogP contribution >= 0.6 is 0 Å². The molecule has 0 spiro atoms.